The van der Waals surface area contributed by atoms with Crippen LogP contribution in [0.3, 0.4) is 0 Å². The molecule has 27 heavy (non-hydrogen) atoms. The van der Waals surface area contributed by atoms with E-state index < -0.39 is 0 Å². The minimum atomic E-state index is -0.315. The van der Waals surface area contributed by atoms with Crippen LogP contribution in [0.15, 0.2) is 54.6 Å². The number of benzene rings is 2. The minimum Gasteiger partial charge on any atom is -0.444 e. The van der Waals surface area contributed by atoms with E-state index in [1.807, 2.05) is 59.5 Å². The van der Waals surface area contributed by atoms with Gasteiger partial charge < -0.3 is 10.1 Å². The molecule has 1 fully saturated rings. The number of amides is 2. The smallest absolute Gasteiger partial charge is 0.414 e. The molecule has 0 aromatic heterocycles. The lowest BCUT2D eigenvalue weighted by Gasteiger charge is -2.43. The number of anilines is 1. The molecular formula is C22H24N2O3. The molecule has 1 N–H and O–H groups in total. The van der Waals surface area contributed by atoms with Gasteiger partial charge in [0.05, 0.1) is 11.7 Å². The highest BCUT2D eigenvalue weighted by molar-refractivity contribution is 5.91. The molecule has 140 valence electrons. The monoisotopic (exact) mass is 364 g/mol. The maximum Gasteiger partial charge on any atom is 0.414 e. The zero-order valence-electron chi connectivity index (χ0n) is 15.4. The highest BCUT2D eigenvalue weighted by Gasteiger charge is 2.46. The van der Waals surface area contributed by atoms with Crippen molar-refractivity contribution in [1.82, 2.24) is 5.32 Å². The van der Waals surface area contributed by atoms with E-state index in [1.165, 1.54) is 0 Å². The van der Waals surface area contributed by atoms with E-state index in [4.69, 9.17) is 4.74 Å². The number of fused-ring (bicyclic) bond motifs is 2. The molecule has 1 aliphatic heterocycles. The van der Waals surface area contributed by atoms with E-state index in [2.05, 4.69) is 5.32 Å². The number of carbonyl (C=O) groups is 2. The van der Waals surface area contributed by atoms with Crippen LogP contribution >= 0.6 is 0 Å². The van der Waals surface area contributed by atoms with Gasteiger partial charge in [0.15, 0.2) is 0 Å². The van der Waals surface area contributed by atoms with Crippen molar-refractivity contribution in [2.45, 2.75) is 44.9 Å². The van der Waals surface area contributed by atoms with E-state index in [9.17, 15) is 9.59 Å². The molecule has 2 amide bonds. The number of carbonyl (C=O) groups excluding carboxylic acids is 2. The molecule has 0 bridgehead atoms. The summed E-state index contributed by atoms with van der Waals surface area (Å²) in [4.78, 5) is 26.6. The number of hydrogen-bond acceptors (Lipinski definition) is 3. The van der Waals surface area contributed by atoms with Gasteiger partial charge in [-0.2, -0.15) is 0 Å². The maximum absolute atomic E-state index is 13.0. The van der Waals surface area contributed by atoms with Crippen LogP contribution in [-0.4, -0.2) is 18.0 Å². The first-order chi connectivity index (χ1) is 13.1. The fraction of sp³-hybridized carbons (Fsp3) is 0.364. The Bertz CT molecular complexity index is 836. The summed E-state index contributed by atoms with van der Waals surface area (Å²) in [6.45, 7) is 1.80. The minimum absolute atomic E-state index is 0.0412. The predicted molar refractivity (Wildman–Crippen MR) is 103 cm³/mol. The molecule has 2 aromatic rings. The van der Waals surface area contributed by atoms with Gasteiger partial charge in [-0.05, 0) is 30.0 Å². The number of nitrogens with zero attached hydrogens (tertiary/aromatic N) is 1. The Hall–Kier alpha value is -2.82. The van der Waals surface area contributed by atoms with Gasteiger partial charge in [0.2, 0.25) is 5.91 Å². The Kier molecular flexibility index (Phi) is 4.84. The summed E-state index contributed by atoms with van der Waals surface area (Å²) in [5.74, 6) is 0.175. The average molecular weight is 364 g/mol. The molecule has 5 heteroatoms. The largest absolute Gasteiger partial charge is 0.444 e. The van der Waals surface area contributed by atoms with E-state index in [0.29, 0.717) is 0 Å². The highest BCUT2D eigenvalue weighted by Crippen LogP contribution is 2.47. The summed E-state index contributed by atoms with van der Waals surface area (Å²) in [6, 6.07) is 17.5. The van der Waals surface area contributed by atoms with Crippen molar-refractivity contribution in [3.8, 4) is 0 Å². The lowest BCUT2D eigenvalue weighted by atomic mass is 9.83. The van der Waals surface area contributed by atoms with Crippen LogP contribution in [-0.2, 0) is 16.1 Å². The van der Waals surface area contributed by atoms with Gasteiger partial charge in [0.1, 0.15) is 6.61 Å². The van der Waals surface area contributed by atoms with Crippen LogP contribution in [0.2, 0.25) is 0 Å². The van der Waals surface area contributed by atoms with Gasteiger partial charge in [0.25, 0.3) is 0 Å². The van der Waals surface area contributed by atoms with Crippen molar-refractivity contribution in [2.24, 2.45) is 5.92 Å². The van der Waals surface area contributed by atoms with Crippen LogP contribution in [0.1, 0.15) is 43.4 Å². The molecule has 0 spiro atoms. The third kappa shape index (κ3) is 3.42. The molecule has 3 atom stereocenters. The number of rotatable bonds is 3. The first-order valence-electron chi connectivity index (χ1n) is 9.51. The lowest BCUT2D eigenvalue weighted by Crippen LogP contribution is -2.51. The van der Waals surface area contributed by atoms with Crippen molar-refractivity contribution >= 4 is 17.7 Å². The van der Waals surface area contributed by atoms with Crippen LogP contribution < -0.4 is 10.2 Å². The second-order valence-corrected chi connectivity index (χ2v) is 7.31. The Morgan fingerprint density at radius 3 is 2.59 bits per heavy atom. The summed E-state index contributed by atoms with van der Waals surface area (Å²) in [6.07, 6.45) is 2.65. The van der Waals surface area contributed by atoms with E-state index >= 15 is 0 Å². The highest BCUT2D eigenvalue weighted by atomic mass is 16.6. The van der Waals surface area contributed by atoms with E-state index in [1.54, 1.807) is 6.92 Å². The molecule has 1 saturated carbocycles. The van der Waals surface area contributed by atoms with Crippen LogP contribution in [0.5, 0.6) is 0 Å². The molecule has 1 aliphatic carbocycles. The molecule has 0 saturated heterocycles. The molecule has 5 nitrogen and oxygen atoms in total. The Morgan fingerprint density at radius 2 is 1.81 bits per heavy atom. The quantitative estimate of drug-likeness (QED) is 0.888. The maximum atomic E-state index is 13.0. The van der Waals surface area contributed by atoms with Gasteiger partial charge in [-0.1, -0.05) is 55.0 Å². The van der Waals surface area contributed by atoms with Crippen LogP contribution in [0, 0.1) is 5.92 Å². The van der Waals surface area contributed by atoms with Gasteiger partial charge in [-0.3, -0.25) is 9.69 Å². The number of para-hydroxylation sites is 1. The summed E-state index contributed by atoms with van der Waals surface area (Å²) in [7, 11) is 0. The van der Waals surface area contributed by atoms with Gasteiger partial charge in [-0.25, -0.2) is 4.79 Å². The average Bonchev–Trinajstić information content (AvgIpc) is 3.16. The standard InChI is InChI=1S/C22H24N2O3/c1-15(25)23-21-17-10-5-6-12-19(17)24(20-13-7-11-18(20)21)22(26)27-14-16-8-3-2-4-9-16/h2-6,8-10,12,18,20-21H,7,11,13-14H2,1H3,(H,23,25)/t18-,20+,21-/m0/s1. The molecule has 0 radical (unpaired) electrons. The predicted octanol–water partition coefficient (Wildman–Crippen LogP) is 4.19. The SMILES string of the molecule is CC(=O)N[C@H]1c2ccccc2N(C(=O)OCc2ccccc2)[C@@H]2CCC[C@@H]21. The van der Waals surface area contributed by atoms with Gasteiger partial charge >= 0.3 is 6.09 Å². The fourth-order valence-electron chi connectivity index (χ4n) is 4.48. The summed E-state index contributed by atoms with van der Waals surface area (Å²) in [5.41, 5.74) is 2.81. The van der Waals surface area contributed by atoms with E-state index in [0.717, 1.165) is 36.1 Å². The molecular weight excluding hydrogens is 340 g/mol. The number of ether oxygens (including phenoxy) is 1. The van der Waals surface area contributed by atoms with Crippen LogP contribution in [0.4, 0.5) is 10.5 Å². The van der Waals surface area contributed by atoms with Crippen molar-refractivity contribution in [2.75, 3.05) is 4.90 Å². The van der Waals surface area contributed by atoms with E-state index in [-0.39, 0.29) is 36.6 Å². The number of hydrogen-bond donors (Lipinski definition) is 1. The number of nitrogens with one attached hydrogen (secondary N) is 1. The first kappa shape index (κ1) is 17.6. The molecule has 1 heterocycles. The van der Waals surface area contributed by atoms with Crippen molar-refractivity contribution in [1.29, 1.82) is 0 Å². The normalized spacial score (nSPS) is 23.3. The van der Waals surface area contributed by atoms with Gasteiger partial charge in [0, 0.05) is 18.9 Å². The fourth-order valence-corrected chi connectivity index (χ4v) is 4.48. The van der Waals surface area contributed by atoms with Gasteiger partial charge in [-0.15, -0.1) is 0 Å². The summed E-state index contributed by atoms with van der Waals surface area (Å²) in [5, 5.41) is 3.11. The summed E-state index contributed by atoms with van der Waals surface area (Å²) >= 11 is 0. The molecule has 4 rings (SSSR count). The lowest BCUT2D eigenvalue weighted by molar-refractivity contribution is -0.120. The van der Waals surface area contributed by atoms with Crippen molar-refractivity contribution in [3.63, 3.8) is 0 Å². The third-order valence-corrected chi connectivity index (χ3v) is 5.58. The Morgan fingerprint density at radius 1 is 1.07 bits per heavy atom. The second-order valence-electron chi connectivity index (χ2n) is 7.31. The van der Waals surface area contributed by atoms with Crippen molar-refractivity contribution in [3.05, 3.63) is 65.7 Å². The van der Waals surface area contributed by atoms with Crippen LogP contribution in [0.25, 0.3) is 0 Å². The zero-order valence-corrected chi connectivity index (χ0v) is 15.4. The Labute approximate surface area is 159 Å². The summed E-state index contributed by atoms with van der Waals surface area (Å²) < 4.78 is 5.65. The molecule has 0 unspecified atom stereocenters. The topological polar surface area (TPSA) is 58.6 Å². The molecule has 2 aromatic carbocycles. The third-order valence-electron chi connectivity index (χ3n) is 5.58. The Balaban J connectivity index is 1.63. The molecule has 2 aliphatic rings. The van der Waals surface area contributed by atoms with Crippen molar-refractivity contribution < 1.29 is 14.3 Å². The zero-order chi connectivity index (χ0) is 18.8. The first-order valence-corrected chi connectivity index (χ1v) is 9.51. The second kappa shape index (κ2) is 7.43.